The minimum Gasteiger partial charge on any atom is -0.361 e. The van der Waals surface area contributed by atoms with Gasteiger partial charge in [0.2, 0.25) is 11.3 Å². The molecule has 0 spiro atoms. The van der Waals surface area contributed by atoms with Gasteiger partial charge < -0.3 is 15.1 Å². The number of carbonyl (C=O) groups excluding carboxylic acids is 1. The van der Waals surface area contributed by atoms with E-state index in [2.05, 4.69) is 4.98 Å². The van der Waals surface area contributed by atoms with Gasteiger partial charge in [0.05, 0.1) is 22.1 Å². The average Bonchev–Trinajstić information content (AvgIpc) is 2.93. The molecular weight excluding hydrogens is 578 g/mol. The van der Waals surface area contributed by atoms with Crippen LogP contribution >= 0.6 is 0 Å². The summed E-state index contributed by atoms with van der Waals surface area (Å²) in [6.07, 6.45) is -8.84. The molecule has 13 heteroatoms. The summed E-state index contributed by atoms with van der Waals surface area (Å²) in [5.41, 5.74) is -3.87. The molecule has 0 saturated carbocycles. The highest BCUT2D eigenvalue weighted by atomic mass is 19.4. The Bertz CT molecular complexity index is 1520. The van der Waals surface area contributed by atoms with Crippen molar-refractivity contribution in [1.82, 2.24) is 14.9 Å². The van der Waals surface area contributed by atoms with E-state index >= 15 is 0 Å². The normalized spacial score (nSPS) is 15.5. The van der Waals surface area contributed by atoms with Crippen molar-refractivity contribution in [2.75, 3.05) is 38.1 Å². The van der Waals surface area contributed by atoms with Crippen LogP contribution in [-0.2, 0) is 29.1 Å². The number of benzene rings is 2. The first-order valence-electron chi connectivity index (χ1n) is 13.5. The van der Waals surface area contributed by atoms with Crippen LogP contribution in [0, 0.1) is 6.92 Å². The fourth-order valence-electron chi connectivity index (χ4n) is 5.16. The Kier molecular flexibility index (Phi) is 8.83. The van der Waals surface area contributed by atoms with E-state index in [9.17, 15) is 41.1 Å². The van der Waals surface area contributed by atoms with Gasteiger partial charge in [-0.2, -0.15) is 31.4 Å². The van der Waals surface area contributed by atoms with Gasteiger partial charge >= 0.3 is 12.4 Å². The number of hydrogen-bond acceptors (Lipinski definition) is 5. The maximum Gasteiger partial charge on any atom is 0.416 e. The zero-order valence-electron chi connectivity index (χ0n) is 24.0. The van der Waals surface area contributed by atoms with Gasteiger partial charge in [-0.1, -0.05) is 24.3 Å². The predicted molar refractivity (Wildman–Crippen MR) is 149 cm³/mol. The molecule has 7 nitrogen and oxygen atoms in total. The Morgan fingerprint density at radius 3 is 2.00 bits per heavy atom. The van der Waals surface area contributed by atoms with Gasteiger partial charge in [-0.15, -0.1) is 0 Å². The summed E-state index contributed by atoms with van der Waals surface area (Å²) >= 11 is 0. The molecule has 1 aliphatic rings. The Hall–Kier alpha value is -3.68. The maximum atomic E-state index is 14.0. The lowest BCUT2D eigenvalue weighted by molar-refractivity contribution is -0.143. The maximum absolute atomic E-state index is 14.0. The lowest BCUT2D eigenvalue weighted by Gasteiger charge is -2.32. The van der Waals surface area contributed by atoms with Crippen LogP contribution < -0.4 is 10.3 Å². The SMILES string of the molecule is Cc1ccccc1-c1c(CN2CCN(O)CC2)[nH]cc(N(C)C(=O)C(C)(C)c2cc(C(F)(F)F)cc(C(F)(F)F)c2)c1=O. The number of likely N-dealkylation sites (N-methyl/N-ethyl adjacent to an activating group) is 1. The van der Waals surface area contributed by atoms with Crippen LogP contribution in [-0.4, -0.2) is 59.3 Å². The highest BCUT2D eigenvalue weighted by Gasteiger charge is 2.41. The summed E-state index contributed by atoms with van der Waals surface area (Å²) in [6.45, 7) is 6.49. The number of nitrogens with zero attached hydrogens (tertiary/aromatic N) is 3. The van der Waals surface area contributed by atoms with Gasteiger partial charge in [0.1, 0.15) is 5.69 Å². The van der Waals surface area contributed by atoms with E-state index < -0.39 is 45.8 Å². The molecule has 1 amide bonds. The second-order valence-electron chi connectivity index (χ2n) is 11.2. The van der Waals surface area contributed by atoms with E-state index in [1.807, 2.05) is 17.9 Å². The number of rotatable bonds is 6. The van der Waals surface area contributed by atoms with Crippen LogP contribution in [0.4, 0.5) is 32.0 Å². The Balaban J connectivity index is 1.78. The van der Waals surface area contributed by atoms with Crippen molar-refractivity contribution in [3.05, 3.63) is 86.8 Å². The summed E-state index contributed by atoms with van der Waals surface area (Å²) in [5, 5.41) is 10.9. The molecule has 0 bridgehead atoms. The van der Waals surface area contributed by atoms with E-state index in [4.69, 9.17) is 0 Å². The number of aromatic nitrogens is 1. The van der Waals surface area contributed by atoms with Gasteiger partial charge in [0.15, 0.2) is 0 Å². The fraction of sp³-hybridized carbons (Fsp3) is 0.400. The lowest BCUT2D eigenvalue weighted by atomic mass is 9.81. The van der Waals surface area contributed by atoms with Crippen molar-refractivity contribution >= 4 is 11.6 Å². The molecule has 2 heterocycles. The first-order chi connectivity index (χ1) is 19.9. The second-order valence-corrected chi connectivity index (χ2v) is 11.2. The van der Waals surface area contributed by atoms with E-state index in [-0.39, 0.29) is 17.3 Å². The first-order valence-corrected chi connectivity index (χ1v) is 13.5. The minimum atomic E-state index is -5.08. The zero-order chi connectivity index (χ0) is 31.9. The lowest BCUT2D eigenvalue weighted by Crippen LogP contribution is -2.45. The third kappa shape index (κ3) is 6.78. The number of aryl methyl sites for hydroxylation is 1. The van der Waals surface area contributed by atoms with Crippen LogP contribution in [0.2, 0.25) is 0 Å². The Morgan fingerprint density at radius 1 is 0.930 bits per heavy atom. The average molecular weight is 611 g/mol. The molecule has 1 fully saturated rings. The third-order valence-electron chi connectivity index (χ3n) is 7.80. The summed E-state index contributed by atoms with van der Waals surface area (Å²) in [5.74, 6) is -0.881. The quantitative estimate of drug-likeness (QED) is 0.343. The van der Waals surface area contributed by atoms with E-state index in [1.54, 1.807) is 18.2 Å². The van der Waals surface area contributed by atoms with Gasteiger partial charge in [0.25, 0.3) is 0 Å². The largest absolute Gasteiger partial charge is 0.416 e. The number of alkyl halides is 6. The summed E-state index contributed by atoms with van der Waals surface area (Å²) < 4.78 is 81.2. The number of hydrogen-bond donors (Lipinski definition) is 2. The topological polar surface area (TPSA) is 79.9 Å². The van der Waals surface area contributed by atoms with Gasteiger partial charge in [-0.05, 0) is 55.7 Å². The van der Waals surface area contributed by atoms with Crippen LogP contribution in [0.15, 0.2) is 53.5 Å². The van der Waals surface area contributed by atoms with Crippen molar-refractivity contribution in [1.29, 1.82) is 0 Å². The van der Waals surface area contributed by atoms with Crippen molar-refractivity contribution < 1.29 is 36.3 Å². The minimum absolute atomic E-state index is 0.00604. The molecule has 1 aliphatic heterocycles. The number of amides is 1. The number of anilines is 1. The number of nitrogens with one attached hydrogen (secondary N) is 1. The highest BCUT2D eigenvalue weighted by Crippen LogP contribution is 2.39. The first kappa shape index (κ1) is 32.2. The van der Waals surface area contributed by atoms with Crippen LogP contribution in [0.3, 0.4) is 0 Å². The van der Waals surface area contributed by atoms with E-state index in [0.29, 0.717) is 56.1 Å². The molecule has 232 valence electrons. The second kappa shape index (κ2) is 11.8. The number of H-pyrrole nitrogens is 1. The molecule has 4 rings (SSSR count). The molecule has 0 unspecified atom stereocenters. The smallest absolute Gasteiger partial charge is 0.361 e. The van der Waals surface area contributed by atoms with Crippen molar-refractivity contribution in [2.24, 2.45) is 0 Å². The van der Waals surface area contributed by atoms with E-state index in [1.165, 1.54) is 32.2 Å². The molecule has 1 aromatic heterocycles. The van der Waals surface area contributed by atoms with Crippen LogP contribution in [0.25, 0.3) is 11.1 Å². The van der Waals surface area contributed by atoms with Crippen molar-refractivity contribution in [3.63, 3.8) is 0 Å². The number of hydroxylamine groups is 2. The molecule has 1 saturated heterocycles. The number of carbonyl (C=O) groups is 1. The molecule has 43 heavy (non-hydrogen) atoms. The molecular formula is C30H32F6N4O3. The van der Waals surface area contributed by atoms with Crippen molar-refractivity contribution in [2.45, 2.75) is 45.1 Å². The molecule has 2 N–H and O–H groups in total. The van der Waals surface area contributed by atoms with Gasteiger partial charge in [0, 0.05) is 51.7 Å². The van der Waals surface area contributed by atoms with E-state index in [0.717, 1.165) is 10.5 Å². The number of halogens is 6. The standard InChI is InChI=1S/C30H32F6N4O3/c1-18-7-5-6-8-22(18)25-23(17-39-9-11-40(43)12-10-39)37-16-24(26(25)41)38(4)27(42)28(2,3)19-13-20(29(31,32)33)15-21(14-19)30(34,35)36/h5-8,13-16,43H,9-12,17H2,1-4H3,(H,37,41). The summed E-state index contributed by atoms with van der Waals surface area (Å²) in [4.78, 5) is 33.9. The zero-order valence-corrected chi connectivity index (χ0v) is 24.0. The van der Waals surface area contributed by atoms with Crippen LogP contribution in [0.1, 0.15) is 41.8 Å². The molecule has 0 radical (unpaired) electrons. The van der Waals surface area contributed by atoms with Gasteiger partial charge in [-0.25, -0.2) is 0 Å². The number of pyridine rings is 1. The van der Waals surface area contributed by atoms with Gasteiger partial charge in [-0.3, -0.25) is 14.5 Å². The Labute approximate surface area is 244 Å². The molecule has 3 aromatic rings. The summed E-state index contributed by atoms with van der Waals surface area (Å²) in [7, 11) is 1.26. The fourth-order valence-corrected chi connectivity index (χ4v) is 5.16. The molecule has 2 aromatic carbocycles. The van der Waals surface area contributed by atoms with Crippen molar-refractivity contribution in [3.8, 4) is 11.1 Å². The third-order valence-corrected chi connectivity index (χ3v) is 7.80. The highest BCUT2D eigenvalue weighted by molar-refractivity contribution is 6.00. The summed E-state index contributed by atoms with van der Waals surface area (Å²) in [6, 6.07) is 8.20. The Morgan fingerprint density at radius 2 is 1.47 bits per heavy atom. The number of aromatic amines is 1. The monoisotopic (exact) mass is 610 g/mol. The van der Waals surface area contributed by atoms with Crippen LogP contribution in [0.5, 0.6) is 0 Å². The molecule has 0 aliphatic carbocycles. The predicted octanol–water partition coefficient (Wildman–Crippen LogP) is 5.84. The number of piperazine rings is 1. The molecule has 0 atom stereocenters.